The molecule has 1 aliphatic heterocycles. The zero-order valence-corrected chi connectivity index (χ0v) is 13.4. The molecule has 2 aromatic rings. The number of sulfonamides is 1. The molecule has 0 amide bonds. The largest absolute Gasteiger partial charge is 0.384 e. The molecule has 1 aromatic heterocycles. The first-order valence-corrected chi connectivity index (χ1v) is 8.55. The van der Waals surface area contributed by atoms with Crippen LogP contribution in [0.15, 0.2) is 41.4 Å². The van der Waals surface area contributed by atoms with Gasteiger partial charge in [-0.2, -0.15) is 9.40 Å². The Bertz CT molecular complexity index is 786. The van der Waals surface area contributed by atoms with Gasteiger partial charge < -0.3 is 5.11 Å². The molecule has 1 saturated heterocycles. The maximum absolute atomic E-state index is 12.7. The quantitative estimate of drug-likeness (QED) is 0.915. The summed E-state index contributed by atoms with van der Waals surface area (Å²) in [5.41, 5.74) is 0.0815. The van der Waals surface area contributed by atoms with Crippen molar-refractivity contribution >= 4 is 10.0 Å². The molecule has 118 valence electrons. The van der Waals surface area contributed by atoms with Crippen molar-refractivity contribution < 1.29 is 13.5 Å². The summed E-state index contributed by atoms with van der Waals surface area (Å²) < 4.78 is 28.3. The zero-order chi connectivity index (χ0) is 16.0. The van der Waals surface area contributed by atoms with Crippen molar-refractivity contribution in [3.8, 4) is 0 Å². The van der Waals surface area contributed by atoms with Gasteiger partial charge in [-0.05, 0) is 18.9 Å². The number of hydrogen-bond donors (Lipinski definition) is 1. The van der Waals surface area contributed by atoms with Gasteiger partial charge in [0, 0.05) is 26.3 Å². The Balaban J connectivity index is 1.91. The topological polar surface area (TPSA) is 75.4 Å². The van der Waals surface area contributed by atoms with Crippen molar-refractivity contribution in [3.05, 3.63) is 47.8 Å². The number of aryl methyl sites for hydroxylation is 2. The van der Waals surface area contributed by atoms with Gasteiger partial charge in [-0.1, -0.05) is 30.3 Å². The van der Waals surface area contributed by atoms with E-state index >= 15 is 0 Å². The van der Waals surface area contributed by atoms with E-state index in [-0.39, 0.29) is 11.4 Å². The molecule has 0 bridgehead atoms. The molecule has 0 spiro atoms. The van der Waals surface area contributed by atoms with Crippen LogP contribution in [0.25, 0.3) is 0 Å². The number of aromatic nitrogens is 2. The third kappa shape index (κ3) is 2.45. The smallest absolute Gasteiger partial charge is 0.246 e. The highest BCUT2D eigenvalue weighted by Gasteiger charge is 2.43. The standard InChI is InChI=1S/C15H19N3O3S/c1-12-14(10-17(2)16-12)22(20,21)18-9-8-15(19,11-18)13-6-4-3-5-7-13/h3-7,10,19H,8-9,11H2,1-2H3/t15-/m0/s1. The summed E-state index contributed by atoms with van der Waals surface area (Å²) >= 11 is 0. The van der Waals surface area contributed by atoms with Crippen LogP contribution in [-0.2, 0) is 22.7 Å². The summed E-state index contributed by atoms with van der Waals surface area (Å²) in [6.07, 6.45) is 1.89. The Morgan fingerprint density at radius 1 is 1.27 bits per heavy atom. The predicted octanol–water partition coefficient (Wildman–Crippen LogP) is 1.01. The Kier molecular flexibility index (Phi) is 3.58. The van der Waals surface area contributed by atoms with Crippen LogP contribution in [0.4, 0.5) is 0 Å². The Morgan fingerprint density at radius 3 is 2.55 bits per heavy atom. The third-order valence-corrected chi connectivity index (χ3v) is 6.06. The van der Waals surface area contributed by atoms with Gasteiger partial charge in [0.25, 0.3) is 0 Å². The average Bonchev–Trinajstić information content (AvgIpc) is 3.05. The molecule has 1 atom stereocenters. The van der Waals surface area contributed by atoms with Crippen LogP contribution in [0.1, 0.15) is 17.7 Å². The predicted molar refractivity (Wildman–Crippen MR) is 81.7 cm³/mol. The highest BCUT2D eigenvalue weighted by Crippen LogP contribution is 2.35. The summed E-state index contributed by atoms with van der Waals surface area (Å²) in [6.45, 7) is 2.03. The number of aliphatic hydroxyl groups is 1. The van der Waals surface area contributed by atoms with Gasteiger partial charge in [-0.3, -0.25) is 4.68 Å². The second kappa shape index (κ2) is 5.19. The molecule has 1 aromatic carbocycles. The Labute approximate surface area is 130 Å². The van der Waals surface area contributed by atoms with Gasteiger partial charge in [0.1, 0.15) is 10.5 Å². The monoisotopic (exact) mass is 321 g/mol. The van der Waals surface area contributed by atoms with E-state index in [9.17, 15) is 13.5 Å². The fourth-order valence-electron chi connectivity index (χ4n) is 2.92. The van der Waals surface area contributed by atoms with Crippen molar-refractivity contribution in [2.24, 2.45) is 7.05 Å². The highest BCUT2D eigenvalue weighted by atomic mass is 32.2. The summed E-state index contributed by atoms with van der Waals surface area (Å²) in [4.78, 5) is 0.201. The Hall–Kier alpha value is -1.70. The summed E-state index contributed by atoms with van der Waals surface area (Å²) in [6, 6.07) is 9.21. The lowest BCUT2D eigenvalue weighted by Crippen LogP contribution is -2.34. The van der Waals surface area contributed by atoms with Crippen molar-refractivity contribution in [3.63, 3.8) is 0 Å². The molecule has 1 aliphatic rings. The van der Waals surface area contributed by atoms with E-state index in [4.69, 9.17) is 0 Å². The molecule has 1 fully saturated rings. The van der Waals surface area contributed by atoms with Crippen LogP contribution >= 0.6 is 0 Å². The summed E-state index contributed by atoms with van der Waals surface area (Å²) in [7, 11) is -1.95. The van der Waals surface area contributed by atoms with Gasteiger partial charge in [-0.25, -0.2) is 8.42 Å². The molecule has 6 nitrogen and oxygen atoms in total. The van der Waals surface area contributed by atoms with E-state index in [1.54, 1.807) is 14.0 Å². The van der Waals surface area contributed by atoms with Crippen LogP contribution in [0.3, 0.4) is 0 Å². The fraction of sp³-hybridized carbons (Fsp3) is 0.400. The van der Waals surface area contributed by atoms with Crippen molar-refractivity contribution in [2.45, 2.75) is 23.8 Å². The number of nitrogens with zero attached hydrogens (tertiary/aromatic N) is 3. The lowest BCUT2D eigenvalue weighted by atomic mass is 9.93. The second-order valence-corrected chi connectivity index (χ2v) is 7.64. The first-order chi connectivity index (χ1) is 10.3. The molecular weight excluding hydrogens is 302 g/mol. The van der Waals surface area contributed by atoms with Crippen molar-refractivity contribution in [1.82, 2.24) is 14.1 Å². The van der Waals surface area contributed by atoms with Crippen molar-refractivity contribution in [2.75, 3.05) is 13.1 Å². The zero-order valence-electron chi connectivity index (χ0n) is 12.6. The molecule has 3 rings (SSSR count). The molecule has 7 heteroatoms. The lowest BCUT2D eigenvalue weighted by Gasteiger charge is -2.23. The van der Waals surface area contributed by atoms with E-state index in [0.29, 0.717) is 18.7 Å². The van der Waals surface area contributed by atoms with E-state index in [1.165, 1.54) is 15.2 Å². The van der Waals surface area contributed by atoms with E-state index in [1.807, 2.05) is 30.3 Å². The van der Waals surface area contributed by atoms with E-state index < -0.39 is 15.6 Å². The minimum absolute atomic E-state index is 0.0632. The maximum Gasteiger partial charge on any atom is 0.246 e. The first-order valence-electron chi connectivity index (χ1n) is 7.11. The molecule has 0 aliphatic carbocycles. The molecule has 2 heterocycles. The van der Waals surface area contributed by atoms with E-state index in [2.05, 4.69) is 5.10 Å². The molecule has 0 radical (unpaired) electrons. The van der Waals surface area contributed by atoms with E-state index in [0.717, 1.165) is 5.56 Å². The lowest BCUT2D eigenvalue weighted by molar-refractivity contribution is 0.0531. The van der Waals surface area contributed by atoms with Crippen LogP contribution in [0, 0.1) is 6.92 Å². The fourth-order valence-corrected chi connectivity index (χ4v) is 4.61. The second-order valence-electron chi connectivity index (χ2n) is 5.74. The van der Waals surface area contributed by atoms with Crippen LogP contribution < -0.4 is 0 Å². The third-order valence-electron chi connectivity index (χ3n) is 4.11. The summed E-state index contributed by atoms with van der Waals surface area (Å²) in [5.74, 6) is 0. The molecular formula is C15H19N3O3S. The number of benzene rings is 1. The Morgan fingerprint density at radius 2 is 1.95 bits per heavy atom. The molecule has 0 saturated carbocycles. The number of rotatable bonds is 3. The first kappa shape index (κ1) is 15.2. The number of β-amino-alcohol motifs (C(OH)–C–C–N with tert-alkyl or cyclic N) is 1. The van der Waals surface area contributed by atoms with Crippen LogP contribution in [0.5, 0.6) is 0 Å². The SMILES string of the molecule is Cc1nn(C)cc1S(=O)(=O)N1CC[C@@](O)(c2ccccc2)C1. The van der Waals surface area contributed by atoms with Gasteiger partial charge >= 0.3 is 0 Å². The minimum Gasteiger partial charge on any atom is -0.384 e. The number of hydrogen-bond acceptors (Lipinski definition) is 4. The molecule has 1 N–H and O–H groups in total. The summed E-state index contributed by atoms with van der Waals surface area (Å²) in [5, 5.41) is 14.9. The van der Waals surface area contributed by atoms with Crippen LogP contribution in [-0.4, -0.2) is 40.7 Å². The van der Waals surface area contributed by atoms with Crippen LogP contribution in [0.2, 0.25) is 0 Å². The van der Waals surface area contributed by atoms with Gasteiger partial charge in [0.2, 0.25) is 10.0 Å². The normalized spacial score (nSPS) is 23.0. The minimum atomic E-state index is -3.64. The maximum atomic E-state index is 12.7. The van der Waals surface area contributed by atoms with Gasteiger partial charge in [0.15, 0.2) is 0 Å². The van der Waals surface area contributed by atoms with Gasteiger partial charge in [0.05, 0.1) is 5.69 Å². The van der Waals surface area contributed by atoms with Gasteiger partial charge in [-0.15, -0.1) is 0 Å². The van der Waals surface area contributed by atoms with Crippen molar-refractivity contribution in [1.29, 1.82) is 0 Å². The average molecular weight is 321 g/mol. The highest BCUT2D eigenvalue weighted by molar-refractivity contribution is 7.89. The molecule has 22 heavy (non-hydrogen) atoms. The molecule has 0 unspecified atom stereocenters.